The SMILES string of the molecule is c1ccc(-c2cc3ccccc3c(-c3c[nH]c4ncccc34)n2)cc1. The molecule has 5 aromatic rings. The summed E-state index contributed by atoms with van der Waals surface area (Å²) in [7, 11) is 0. The van der Waals surface area contributed by atoms with Crippen LogP contribution in [0.5, 0.6) is 0 Å². The van der Waals surface area contributed by atoms with Crippen molar-refractivity contribution < 1.29 is 0 Å². The highest BCUT2D eigenvalue weighted by Gasteiger charge is 2.13. The molecule has 0 bridgehead atoms. The first-order valence-corrected chi connectivity index (χ1v) is 8.28. The molecule has 0 spiro atoms. The van der Waals surface area contributed by atoms with Crippen LogP contribution in [-0.4, -0.2) is 15.0 Å². The van der Waals surface area contributed by atoms with E-state index in [1.54, 1.807) is 6.20 Å². The van der Waals surface area contributed by atoms with Crippen LogP contribution in [0.15, 0.2) is 85.2 Å². The predicted octanol–water partition coefficient (Wildman–Crippen LogP) is 5.45. The number of hydrogen-bond acceptors (Lipinski definition) is 2. The first kappa shape index (κ1) is 13.9. The number of nitrogens with one attached hydrogen (secondary N) is 1. The third-order valence-electron chi connectivity index (χ3n) is 4.52. The molecule has 2 aromatic carbocycles. The minimum atomic E-state index is 0.883. The molecule has 1 N–H and O–H groups in total. The molecule has 0 amide bonds. The topological polar surface area (TPSA) is 41.6 Å². The van der Waals surface area contributed by atoms with Gasteiger partial charge in [-0.25, -0.2) is 9.97 Å². The maximum Gasteiger partial charge on any atom is 0.137 e. The molecular formula is C22H15N3. The fourth-order valence-electron chi connectivity index (χ4n) is 3.31. The summed E-state index contributed by atoms with van der Waals surface area (Å²) >= 11 is 0. The van der Waals surface area contributed by atoms with E-state index in [1.165, 1.54) is 5.39 Å². The number of H-pyrrole nitrogens is 1. The molecule has 0 saturated heterocycles. The van der Waals surface area contributed by atoms with Crippen molar-refractivity contribution in [3.8, 4) is 22.5 Å². The number of fused-ring (bicyclic) bond motifs is 2. The molecule has 3 nitrogen and oxygen atoms in total. The number of benzene rings is 2. The van der Waals surface area contributed by atoms with Crippen molar-refractivity contribution in [2.24, 2.45) is 0 Å². The van der Waals surface area contributed by atoms with Gasteiger partial charge in [-0.1, -0.05) is 54.6 Å². The van der Waals surface area contributed by atoms with Crippen LogP contribution >= 0.6 is 0 Å². The molecule has 25 heavy (non-hydrogen) atoms. The van der Waals surface area contributed by atoms with E-state index in [1.807, 2.05) is 30.5 Å². The molecule has 0 aliphatic heterocycles. The smallest absolute Gasteiger partial charge is 0.137 e. The van der Waals surface area contributed by atoms with Crippen LogP contribution in [0.25, 0.3) is 44.3 Å². The second-order valence-corrected chi connectivity index (χ2v) is 6.05. The Morgan fingerprint density at radius 2 is 1.56 bits per heavy atom. The molecule has 3 heterocycles. The quantitative estimate of drug-likeness (QED) is 0.470. The molecule has 3 aromatic heterocycles. The second-order valence-electron chi connectivity index (χ2n) is 6.05. The van der Waals surface area contributed by atoms with Gasteiger partial charge >= 0.3 is 0 Å². The highest BCUT2D eigenvalue weighted by molar-refractivity contribution is 6.03. The van der Waals surface area contributed by atoms with Gasteiger partial charge in [-0.05, 0) is 23.6 Å². The average molecular weight is 321 g/mol. The van der Waals surface area contributed by atoms with Crippen LogP contribution in [0.4, 0.5) is 0 Å². The summed E-state index contributed by atoms with van der Waals surface area (Å²) in [5, 5.41) is 3.42. The normalized spacial score (nSPS) is 11.2. The standard InChI is InChI=1S/C22H15N3/c1-2-7-15(8-3-1)20-13-16-9-4-5-10-17(16)21(25-20)19-14-24-22-18(19)11-6-12-23-22/h1-14H,(H,23,24). The van der Waals surface area contributed by atoms with E-state index in [9.17, 15) is 0 Å². The van der Waals surface area contributed by atoms with E-state index in [0.717, 1.165) is 38.9 Å². The zero-order valence-corrected chi connectivity index (χ0v) is 13.5. The number of rotatable bonds is 2. The summed E-state index contributed by atoms with van der Waals surface area (Å²) in [6.07, 6.45) is 3.80. The lowest BCUT2D eigenvalue weighted by atomic mass is 10.0. The van der Waals surface area contributed by atoms with E-state index >= 15 is 0 Å². The van der Waals surface area contributed by atoms with Gasteiger partial charge in [0.15, 0.2) is 0 Å². The maximum atomic E-state index is 5.02. The van der Waals surface area contributed by atoms with Gasteiger partial charge in [0.1, 0.15) is 5.65 Å². The lowest BCUT2D eigenvalue weighted by Gasteiger charge is -2.09. The molecule has 5 rings (SSSR count). The Bertz CT molecular complexity index is 1190. The van der Waals surface area contributed by atoms with Crippen LogP contribution in [0.1, 0.15) is 0 Å². The van der Waals surface area contributed by atoms with E-state index in [2.05, 4.69) is 58.5 Å². The first-order chi connectivity index (χ1) is 12.4. The molecule has 0 saturated carbocycles. The number of nitrogens with zero attached hydrogens (tertiary/aromatic N) is 2. The van der Waals surface area contributed by atoms with E-state index in [4.69, 9.17) is 4.98 Å². The number of aromatic nitrogens is 3. The van der Waals surface area contributed by atoms with Crippen molar-refractivity contribution >= 4 is 21.8 Å². The van der Waals surface area contributed by atoms with Crippen LogP contribution in [0.3, 0.4) is 0 Å². The van der Waals surface area contributed by atoms with Crippen molar-refractivity contribution in [3.05, 3.63) is 85.2 Å². The van der Waals surface area contributed by atoms with Crippen molar-refractivity contribution in [1.29, 1.82) is 0 Å². The molecule has 3 heteroatoms. The molecular weight excluding hydrogens is 306 g/mol. The van der Waals surface area contributed by atoms with E-state index in [0.29, 0.717) is 0 Å². The minimum absolute atomic E-state index is 0.883. The van der Waals surface area contributed by atoms with Crippen molar-refractivity contribution in [1.82, 2.24) is 15.0 Å². The Kier molecular flexibility index (Phi) is 3.10. The van der Waals surface area contributed by atoms with Crippen LogP contribution < -0.4 is 0 Å². The number of pyridine rings is 2. The molecule has 0 aliphatic carbocycles. The van der Waals surface area contributed by atoms with Gasteiger partial charge in [0.25, 0.3) is 0 Å². The van der Waals surface area contributed by atoms with Crippen molar-refractivity contribution in [3.63, 3.8) is 0 Å². The highest BCUT2D eigenvalue weighted by atomic mass is 14.8. The summed E-state index contributed by atoms with van der Waals surface area (Å²) in [6.45, 7) is 0. The van der Waals surface area contributed by atoms with Crippen molar-refractivity contribution in [2.45, 2.75) is 0 Å². The number of hydrogen-bond donors (Lipinski definition) is 1. The Morgan fingerprint density at radius 3 is 2.48 bits per heavy atom. The molecule has 118 valence electrons. The fraction of sp³-hybridized carbons (Fsp3) is 0. The van der Waals surface area contributed by atoms with E-state index < -0.39 is 0 Å². The van der Waals surface area contributed by atoms with Gasteiger partial charge in [0.2, 0.25) is 0 Å². The second kappa shape index (κ2) is 5.56. The number of aromatic amines is 1. The molecule has 0 radical (unpaired) electrons. The van der Waals surface area contributed by atoms with Gasteiger partial charge in [-0.3, -0.25) is 0 Å². The lowest BCUT2D eigenvalue weighted by molar-refractivity contribution is 1.32. The Labute approximate surface area is 145 Å². The average Bonchev–Trinajstić information content (AvgIpc) is 3.12. The van der Waals surface area contributed by atoms with Gasteiger partial charge in [0, 0.05) is 34.3 Å². The minimum Gasteiger partial charge on any atom is -0.345 e. The van der Waals surface area contributed by atoms with Gasteiger partial charge in [-0.15, -0.1) is 0 Å². The van der Waals surface area contributed by atoms with Gasteiger partial charge < -0.3 is 4.98 Å². The van der Waals surface area contributed by atoms with E-state index in [-0.39, 0.29) is 0 Å². The fourth-order valence-corrected chi connectivity index (χ4v) is 3.31. The third-order valence-corrected chi connectivity index (χ3v) is 4.52. The lowest BCUT2D eigenvalue weighted by Crippen LogP contribution is -1.90. The summed E-state index contributed by atoms with van der Waals surface area (Å²) in [5.74, 6) is 0. The summed E-state index contributed by atoms with van der Waals surface area (Å²) in [6, 6.07) is 24.9. The zero-order valence-electron chi connectivity index (χ0n) is 13.5. The summed E-state index contributed by atoms with van der Waals surface area (Å²) < 4.78 is 0. The zero-order chi connectivity index (χ0) is 16.6. The predicted molar refractivity (Wildman–Crippen MR) is 102 cm³/mol. The third kappa shape index (κ3) is 2.29. The van der Waals surface area contributed by atoms with Crippen LogP contribution in [0.2, 0.25) is 0 Å². The Balaban J connectivity index is 1.85. The molecule has 0 atom stereocenters. The highest BCUT2D eigenvalue weighted by Crippen LogP contribution is 2.34. The summed E-state index contributed by atoms with van der Waals surface area (Å²) in [4.78, 5) is 12.7. The summed E-state index contributed by atoms with van der Waals surface area (Å²) in [5.41, 5.74) is 5.04. The Hall–Kier alpha value is -3.46. The Morgan fingerprint density at radius 1 is 0.760 bits per heavy atom. The largest absolute Gasteiger partial charge is 0.345 e. The van der Waals surface area contributed by atoms with Gasteiger partial charge in [0.05, 0.1) is 11.4 Å². The van der Waals surface area contributed by atoms with Crippen LogP contribution in [-0.2, 0) is 0 Å². The molecule has 0 aliphatic rings. The van der Waals surface area contributed by atoms with Crippen molar-refractivity contribution in [2.75, 3.05) is 0 Å². The first-order valence-electron chi connectivity index (χ1n) is 8.28. The van der Waals surface area contributed by atoms with Crippen LogP contribution in [0, 0.1) is 0 Å². The van der Waals surface area contributed by atoms with Gasteiger partial charge in [-0.2, -0.15) is 0 Å². The molecule has 0 unspecified atom stereocenters. The maximum absolute atomic E-state index is 5.02. The molecule has 0 fully saturated rings. The monoisotopic (exact) mass is 321 g/mol.